The van der Waals surface area contributed by atoms with Gasteiger partial charge in [0.2, 0.25) is 0 Å². The van der Waals surface area contributed by atoms with Crippen LogP contribution in [0.5, 0.6) is 0 Å². The van der Waals surface area contributed by atoms with E-state index in [4.69, 9.17) is 4.99 Å². The van der Waals surface area contributed by atoms with Crippen LogP contribution in [-0.2, 0) is 4.79 Å². The van der Waals surface area contributed by atoms with Crippen molar-refractivity contribution in [3.8, 4) is 6.07 Å². The number of carbonyl (C=O) groups is 1. The van der Waals surface area contributed by atoms with Crippen LogP contribution in [0.1, 0.15) is 45.1 Å². The third-order valence-electron chi connectivity index (χ3n) is 5.60. The summed E-state index contributed by atoms with van der Waals surface area (Å²) in [5.74, 6) is -0.488. The number of benzene rings is 2. The summed E-state index contributed by atoms with van der Waals surface area (Å²) >= 11 is 0. The van der Waals surface area contributed by atoms with Gasteiger partial charge >= 0.3 is 0 Å². The highest BCUT2D eigenvalue weighted by molar-refractivity contribution is 6.04. The lowest BCUT2D eigenvalue weighted by atomic mass is 9.66. The highest BCUT2D eigenvalue weighted by atomic mass is 16.1. The smallest absolute Gasteiger partial charge is 0.161 e. The minimum Gasteiger partial charge on any atom is -0.294 e. The van der Waals surface area contributed by atoms with E-state index in [1.54, 1.807) is 0 Å². The number of ketones is 1. The number of nitriles is 1. The van der Waals surface area contributed by atoms with Gasteiger partial charge < -0.3 is 0 Å². The van der Waals surface area contributed by atoms with Gasteiger partial charge in [-0.1, -0.05) is 56.3 Å². The van der Waals surface area contributed by atoms with Gasteiger partial charge in [-0.25, -0.2) is 0 Å². The number of nitrogens with zero attached hydrogens (tertiary/aromatic N) is 2. The summed E-state index contributed by atoms with van der Waals surface area (Å²) in [6.07, 6.45) is 1.30. The van der Waals surface area contributed by atoms with Crippen molar-refractivity contribution >= 4 is 22.3 Å². The third-order valence-corrected chi connectivity index (χ3v) is 5.60. The van der Waals surface area contributed by atoms with E-state index in [9.17, 15) is 10.1 Å². The Morgan fingerprint density at radius 3 is 2.62 bits per heavy atom. The van der Waals surface area contributed by atoms with E-state index < -0.39 is 5.92 Å². The predicted octanol–water partition coefficient (Wildman–Crippen LogP) is 5.18. The van der Waals surface area contributed by atoms with Crippen LogP contribution in [0.2, 0.25) is 0 Å². The maximum atomic E-state index is 13.1. The molecule has 0 fully saturated rings. The summed E-state index contributed by atoms with van der Waals surface area (Å²) in [4.78, 5) is 17.8. The van der Waals surface area contributed by atoms with Gasteiger partial charge in [-0.15, -0.1) is 0 Å². The standard InChI is InChI=1S/C23H22N2O/c1-14-18(13-24)21(17-10-6-8-15-7-4-5-9-16(15)17)22-19(25-14)11-23(2,3)12-20(22)26/h4-10,18,21H,11-12H2,1-3H3/t18?,21-/m0/s1. The molecule has 130 valence electrons. The van der Waals surface area contributed by atoms with Crippen LogP contribution >= 0.6 is 0 Å². The molecule has 0 saturated carbocycles. The first-order chi connectivity index (χ1) is 12.4. The van der Waals surface area contributed by atoms with E-state index in [-0.39, 0.29) is 17.1 Å². The van der Waals surface area contributed by atoms with Crippen molar-refractivity contribution < 1.29 is 4.79 Å². The zero-order valence-electron chi connectivity index (χ0n) is 15.4. The summed E-state index contributed by atoms with van der Waals surface area (Å²) < 4.78 is 0. The fraction of sp³-hybridized carbons (Fsp3) is 0.348. The van der Waals surface area contributed by atoms with Crippen molar-refractivity contribution in [1.29, 1.82) is 5.26 Å². The molecule has 0 N–H and O–H groups in total. The summed E-state index contributed by atoms with van der Waals surface area (Å²) in [5.41, 5.74) is 3.44. The second kappa shape index (κ2) is 5.92. The Hall–Kier alpha value is -2.73. The molecule has 0 amide bonds. The zero-order chi connectivity index (χ0) is 18.5. The second-order valence-electron chi connectivity index (χ2n) is 8.21. The Morgan fingerprint density at radius 2 is 1.85 bits per heavy atom. The first-order valence-corrected chi connectivity index (χ1v) is 9.10. The molecule has 0 radical (unpaired) electrons. The number of fused-ring (bicyclic) bond motifs is 1. The lowest BCUT2D eigenvalue weighted by molar-refractivity contribution is -0.118. The normalized spacial score (nSPS) is 24.8. The molecule has 0 aromatic heterocycles. The lowest BCUT2D eigenvalue weighted by Crippen LogP contribution is -2.35. The predicted molar refractivity (Wildman–Crippen MR) is 104 cm³/mol. The molecule has 0 saturated heterocycles. The van der Waals surface area contributed by atoms with Crippen molar-refractivity contribution in [2.45, 2.75) is 39.5 Å². The molecule has 0 bridgehead atoms. The fourth-order valence-corrected chi connectivity index (χ4v) is 4.47. The number of aliphatic imine (C=N–C) groups is 1. The van der Waals surface area contributed by atoms with Crippen molar-refractivity contribution in [2.24, 2.45) is 16.3 Å². The quantitative estimate of drug-likeness (QED) is 0.717. The Balaban J connectivity index is 1.98. The van der Waals surface area contributed by atoms with Gasteiger partial charge in [0.05, 0.1) is 12.0 Å². The molecule has 3 nitrogen and oxygen atoms in total. The molecule has 2 atom stereocenters. The average Bonchev–Trinajstić information content (AvgIpc) is 2.59. The largest absolute Gasteiger partial charge is 0.294 e. The van der Waals surface area contributed by atoms with Crippen LogP contribution in [0.4, 0.5) is 0 Å². The van der Waals surface area contributed by atoms with E-state index in [0.29, 0.717) is 6.42 Å². The molecule has 3 heteroatoms. The number of rotatable bonds is 1. The molecule has 1 aliphatic heterocycles. The van der Waals surface area contributed by atoms with Crippen LogP contribution in [-0.4, -0.2) is 11.5 Å². The fourth-order valence-electron chi connectivity index (χ4n) is 4.47. The van der Waals surface area contributed by atoms with Crippen LogP contribution in [0.15, 0.2) is 58.7 Å². The Kier molecular flexibility index (Phi) is 3.80. The van der Waals surface area contributed by atoms with E-state index in [1.165, 1.54) is 0 Å². The van der Waals surface area contributed by atoms with Crippen molar-refractivity contribution in [3.63, 3.8) is 0 Å². The van der Waals surface area contributed by atoms with E-state index >= 15 is 0 Å². The van der Waals surface area contributed by atoms with Gasteiger partial charge in [0.25, 0.3) is 0 Å². The summed E-state index contributed by atoms with van der Waals surface area (Å²) in [6.45, 7) is 6.15. The highest BCUT2D eigenvalue weighted by Gasteiger charge is 2.43. The monoisotopic (exact) mass is 342 g/mol. The van der Waals surface area contributed by atoms with Crippen LogP contribution in [0.3, 0.4) is 0 Å². The topological polar surface area (TPSA) is 53.2 Å². The number of hydrogen-bond acceptors (Lipinski definition) is 3. The molecule has 1 aliphatic carbocycles. The van der Waals surface area contributed by atoms with E-state index in [0.717, 1.165) is 39.7 Å². The minimum atomic E-state index is -0.398. The van der Waals surface area contributed by atoms with Gasteiger partial charge in [0.15, 0.2) is 5.78 Å². The summed E-state index contributed by atoms with van der Waals surface area (Å²) in [7, 11) is 0. The van der Waals surface area contributed by atoms with Gasteiger partial charge in [0.1, 0.15) is 0 Å². The molecule has 26 heavy (non-hydrogen) atoms. The van der Waals surface area contributed by atoms with Crippen molar-refractivity contribution in [1.82, 2.24) is 0 Å². The minimum absolute atomic E-state index is 0.0809. The number of carbonyl (C=O) groups excluding carboxylic acids is 1. The van der Waals surface area contributed by atoms with Gasteiger partial charge in [-0.3, -0.25) is 9.79 Å². The number of hydrogen-bond donors (Lipinski definition) is 0. The van der Waals surface area contributed by atoms with Crippen molar-refractivity contribution in [2.75, 3.05) is 0 Å². The SMILES string of the molecule is CC1=NC2=C(C(=O)CC(C)(C)C2)[C@@H](c2cccc3ccccc23)C1C#N. The first-order valence-electron chi connectivity index (χ1n) is 9.10. The molecule has 2 aliphatic rings. The number of allylic oxidation sites excluding steroid dienone is 2. The van der Waals surface area contributed by atoms with Gasteiger partial charge in [-0.2, -0.15) is 5.26 Å². The highest BCUT2D eigenvalue weighted by Crippen LogP contribution is 2.48. The molecule has 2 aromatic carbocycles. The molecule has 2 aromatic rings. The molecular formula is C23H22N2O. The molecule has 4 rings (SSSR count). The van der Waals surface area contributed by atoms with Gasteiger partial charge in [-0.05, 0) is 35.1 Å². The molecule has 1 unspecified atom stereocenters. The summed E-state index contributed by atoms with van der Waals surface area (Å²) in [5, 5.41) is 12.1. The van der Waals surface area contributed by atoms with Gasteiger partial charge in [0, 0.05) is 29.3 Å². The average molecular weight is 342 g/mol. The van der Waals surface area contributed by atoms with Crippen molar-refractivity contribution in [3.05, 3.63) is 59.3 Å². The summed E-state index contributed by atoms with van der Waals surface area (Å²) in [6, 6.07) is 16.8. The zero-order valence-corrected chi connectivity index (χ0v) is 15.4. The third kappa shape index (κ3) is 2.57. The van der Waals surface area contributed by atoms with E-state index in [2.05, 4.69) is 44.2 Å². The molecule has 1 heterocycles. The second-order valence-corrected chi connectivity index (χ2v) is 8.21. The maximum absolute atomic E-state index is 13.1. The Bertz CT molecular complexity index is 1010. The lowest BCUT2D eigenvalue weighted by Gasteiger charge is -2.38. The number of Topliss-reactive ketones (excluding diaryl/α,β-unsaturated/α-hetero) is 1. The van der Waals surface area contributed by atoms with Crippen LogP contribution in [0, 0.1) is 22.7 Å². The van der Waals surface area contributed by atoms with E-state index in [1.807, 2.05) is 25.1 Å². The maximum Gasteiger partial charge on any atom is 0.161 e. The molecular weight excluding hydrogens is 320 g/mol. The van der Waals surface area contributed by atoms with Crippen LogP contribution < -0.4 is 0 Å². The molecule has 0 spiro atoms. The Labute approximate surface area is 154 Å². The Morgan fingerprint density at radius 1 is 1.12 bits per heavy atom. The van der Waals surface area contributed by atoms with Crippen LogP contribution in [0.25, 0.3) is 10.8 Å². The first kappa shape index (κ1) is 16.7.